The molecule has 0 bridgehead atoms. The third-order valence-corrected chi connectivity index (χ3v) is 1.42. The third kappa shape index (κ3) is 3.27. The van der Waals surface area contributed by atoms with Crippen molar-refractivity contribution < 1.29 is 14.3 Å². The largest absolute Gasteiger partial charge is 0.479 e. The normalized spacial score (nSPS) is 8.67. The van der Waals surface area contributed by atoms with Crippen molar-refractivity contribution in [2.75, 3.05) is 13.7 Å². The monoisotopic (exact) mass is 206 g/mol. The Morgan fingerprint density at radius 1 is 1.47 bits per heavy atom. The molecule has 78 valence electrons. The molecule has 0 saturated carbocycles. The molecule has 0 N–H and O–H groups in total. The second kappa shape index (κ2) is 5.60. The summed E-state index contributed by atoms with van der Waals surface area (Å²) in [7, 11) is 1.46. The van der Waals surface area contributed by atoms with Gasteiger partial charge < -0.3 is 9.47 Å². The van der Waals surface area contributed by atoms with E-state index in [9.17, 15) is 4.79 Å². The van der Waals surface area contributed by atoms with Crippen LogP contribution in [0.2, 0.25) is 0 Å². The Labute approximate surface area is 87.4 Å². The Balaban J connectivity index is 2.83. The fraction of sp³-hybridized carbons (Fsp3) is 0.300. The SMILES string of the molecule is CCOC(=O)C#Cc1nccnc1OC. The van der Waals surface area contributed by atoms with Gasteiger partial charge in [-0.25, -0.2) is 14.8 Å². The summed E-state index contributed by atoms with van der Waals surface area (Å²) in [6.45, 7) is 2.01. The van der Waals surface area contributed by atoms with Crippen LogP contribution in [0.1, 0.15) is 12.6 Å². The minimum absolute atomic E-state index is 0.286. The molecule has 1 aromatic rings. The Bertz CT molecular complexity index is 407. The highest BCUT2D eigenvalue weighted by Crippen LogP contribution is 2.07. The van der Waals surface area contributed by atoms with Crippen LogP contribution >= 0.6 is 0 Å². The number of esters is 1. The van der Waals surface area contributed by atoms with Gasteiger partial charge in [0.2, 0.25) is 5.88 Å². The van der Waals surface area contributed by atoms with Crippen molar-refractivity contribution in [2.45, 2.75) is 6.92 Å². The minimum Gasteiger partial charge on any atom is -0.479 e. The minimum atomic E-state index is -0.592. The van der Waals surface area contributed by atoms with Gasteiger partial charge in [-0.3, -0.25) is 0 Å². The van der Waals surface area contributed by atoms with Gasteiger partial charge in [0.25, 0.3) is 0 Å². The Morgan fingerprint density at radius 2 is 2.20 bits per heavy atom. The van der Waals surface area contributed by atoms with Crippen LogP contribution < -0.4 is 4.74 Å². The van der Waals surface area contributed by atoms with Crippen LogP contribution in [-0.4, -0.2) is 29.7 Å². The molecule has 0 saturated heterocycles. The fourth-order valence-corrected chi connectivity index (χ4v) is 0.838. The van der Waals surface area contributed by atoms with E-state index in [1.807, 2.05) is 0 Å². The predicted octanol–water partition coefficient (Wildman–Crippen LogP) is 0.400. The van der Waals surface area contributed by atoms with E-state index in [2.05, 4.69) is 26.5 Å². The molecule has 0 fully saturated rings. The summed E-state index contributed by atoms with van der Waals surface area (Å²) in [4.78, 5) is 18.7. The van der Waals surface area contributed by atoms with E-state index in [0.717, 1.165) is 0 Å². The second-order valence-electron chi connectivity index (χ2n) is 2.38. The molecular formula is C10H10N2O3. The van der Waals surface area contributed by atoms with Crippen molar-refractivity contribution >= 4 is 5.97 Å². The van der Waals surface area contributed by atoms with Gasteiger partial charge in [0.1, 0.15) is 0 Å². The predicted molar refractivity (Wildman–Crippen MR) is 52.1 cm³/mol. The van der Waals surface area contributed by atoms with Crippen molar-refractivity contribution in [3.63, 3.8) is 0 Å². The van der Waals surface area contributed by atoms with Gasteiger partial charge in [0, 0.05) is 18.3 Å². The quantitative estimate of drug-likeness (QED) is 0.517. The number of carbonyl (C=O) groups is 1. The molecule has 0 aliphatic heterocycles. The van der Waals surface area contributed by atoms with Crippen LogP contribution in [0.25, 0.3) is 0 Å². The lowest BCUT2D eigenvalue weighted by Gasteiger charge is -1.98. The first-order valence-electron chi connectivity index (χ1n) is 4.31. The summed E-state index contributed by atoms with van der Waals surface area (Å²) in [5.41, 5.74) is 0.313. The Morgan fingerprint density at radius 3 is 2.87 bits per heavy atom. The molecular weight excluding hydrogens is 196 g/mol. The van der Waals surface area contributed by atoms with Crippen LogP contribution in [0.5, 0.6) is 5.88 Å². The average molecular weight is 206 g/mol. The van der Waals surface area contributed by atoms with Crippen molar-refractivity contribution in [2.24, 2.45) is 0 Å². The van der Waals surface area contributed by atoms with Gasteiger partial charge in [-0.05, 0) is 12.8 Å². The molecule has 5 nitrogen and oxygen atoms in total. The molecule has 1 heterocycles. The zero-order valence-corrected chi connectivity index (χ0v) is 8.48. The number of hydrogen-bond donors (Lipinski definition) is 0. The molecule has 0 radical (unpaired) electrons. The van der Waals surface area contributed by atoms with Crippen LogP contribution in [0, 0.1) is 11.8 Å². The highest BCUT2D eigenvalue weighted by Gasteiger charge is 2.01. The standard InChI is InChI=1S/C10H10N2O3/c1-3-15-9(13)5-4-8-10(14-2)12-7-6-11-8/h6-7H,3H2,1-2H3. The first-order valence-corrected chi connectivity index (χ1v) is 4.31. The van der Waals surface area contributed by atoms with Crippen LogP contribution in [0.4, 0.5) is 0 Å². The highest BCUT2D eigenvalue weighted by atomic mass is 16.5. The van der Waals surface area contributed by atoms with Crippen LogP contribution in [0.15, 0.2) is 12.4 Å². The smallest absolute Gasteiger partial charge is 0.384 e. The van der Waals surface area contributed by atoms with Crippen molar-refractivity contribution in [1.82, 2.24) is 9.97 Å². The number of methoxy groups -OCH3 is 1. The van der Waals surface area contributed by atoms with E-state index in [-0.39, 0.29) is 5.88 Å². The zero-order valence-electron chi connectivity index (χ0n) is 8.48. The van der Waals surface area contributed by atoms with Gasteiger partial charge in [0.05, 0.1) is 13.7 Å². The number of hydrogen-bond acceptors (Lipinski definition) is 5. The van der Waals surface area contributed by atoms with Crippen molar-refractivity contribution in [3.8, 4) is 17.7 Å². The van der Waals surface area contributed by atoms with E-state index < -0.39 is 5.97 Å². The lowest BCUT2D eigenvalue weighted by molar-refractivity contribution is -0.136. The number of ether oxygens (including phenoxy) is 2. The molecule has 0 aromatic carbocycles. The highest BCUT2D eigenvalue weighted by molar-refractivity contribution is 5.89. The maximum Gasteiger partial charge on any atom is 0.384 e. The summed E-state index contributed by atoms with van der Waals surface area (Å²) >= 11 is 0. The van der Waals surface area contributed by atoms with Gasteiger partial charge in [-0.1, -0.05) is 0 Å². The molecule has 0 spiro atoms. The molecule has 0 aliphatic rings. The van der Waals surface area contributed by atoms with Crippen LogP contribution in [0.3, 0.4) is 0 Å². The number of carbonyl (C=O) groups excluding carboxylic acids is 1. The van der Waals surface area contributed by atoms with Gasteiger partial charge >= 0.3 is 5.97 Å². The lowest BCUT2D eigenvalue weighted by atomic mass is 10.4. The maximum absolute atomic E-state index is 10.9. The Hall–Kier alpha value is -2.09. The van der Waals surface area contributed by atoms with E-state index in [1.54, 1.807) is 6.92 Å². The molecule has 1 aromatic heterocycles. The molecule has 0 aliphatic carbocycles. The first-order chi connectivity index (χ1) is 7.27. The molecule has 15 heavy (non-hydrogen) atoms. The summed E-state index contributed by atoms with van der Waals surface area (Å²) in [6, 6.07) is 0. The molecule has 1 rings (SSSR count). The van der Waals surface area contributed by atoms with E-state index in [1.165, 1.54) is 19.5 Å². The van der Waals surface area contributed by atoms with Crippen molar-refractivity contribution in [1.29, 1.82) is 0 Å². The van der Waals surface area contributed by atoms with Gasteiger partial charge in [0.15, 0.2) is 5.69 Å². The summed E-state index contributed by atoms with van der Waals surface area (Å²) in [5, 5.41) is 0. The maximum atomic E-state index is 10.9. The van der Waals surface area contributed by atoms with E-state index in [4.69, 9.17) is 4.74 Å². The zero-order chi connectivity index (χ0) is 11.1. The third-order valence-electron chi connectivity index (χ3n) is 1.42. The molecule has 0 amide bonds. The van der Waals surface area contributed by atoms with Crippen molar-refractivity contribution in [3.05, 3.63) is 18.1 Å². The second-order valence-corrected chi connectivity index (χ2v) is 2.38. The average Bonchev–Trinajstić information content (AvgIpc) is 2.27. The summed E-state index contributed by atoms with van der Waals surface area (Å²) in [5.74, 6) is 4.50. The summed E-state index contributed by atoms with van der Waals surface area (Å²) in [6.07, 6.45) is 2.95. The van der Waals surface area contributed by atoms with Gasteiger partial charge in [-0.15, -0.1) is 0 Å². The number of aromatic nitrogens is 2. The molecule has 0 unspecified atom stereocenters. The topological polar surface area (TPSA) is 61.3 Å². The lowest BCUT2D eigenvalue weighted by Crippen LogP contribution is -2.00. The van der Waals surface area contributed by atoms with E-state index >= 15 is 0 Å². The molecule has 0 atom stereocenters. The van der Waals surface area contributed by atoms with Gasteiger partial charge in [-0.2, -0.15) is 0 Å². The number of nitrogens with zero attached hydrogens (tertiary/aromatic N) is 2. The Kier molecular flexibility index (Phi) is 4.10. The van der Waals surface area contributed by atoms with E-state index in [0.29, 0.717) is 12.3 Å². The molecule has 5 heteroatoms. The fourth-order valence-electron chi connectivity index (χ4n) is 0.838. The number of rotatable bonds is 2. The first kappa shape index (κ1) is 11.0. The summed E-state index contributed by atoms with van der Waals surface area (Å²) < 4.78 is 9.54. The van der Waals surface area contributed by atoms with Crippen LogP contribution in [-0.2, 0) is 9.53 Å².